The van der Waals surface area contributed by atoms with Gasteiger partial charge in [-0.1, -0.05) is 38.1 Å². The van der Waals surface area contributed by atoms with E-state index in [4.69, 9.17) is 5.73 Å². The van der Waals surface area contributed by atoms with E-state index in [2.05, 4.69) is 36.4 Å². The summed E-state index contributed by atoms with van der Waals surface area (Å²) < 4.78 is 1.95. The van der Waals surface area contributed by atoms with Crippen LogP contribution < -0.4 is 11.1 Å². The van der Waals surface area contributed by atoms with Crippen LogP contribution in [0.5, 0.6) is 0 Å². The highest BCUT2D eigenvalue weighted by Crippen LogP contribution is 2.18. The highest BCUT2D eigenvalue weighted by Gasteiger charge is 2.17. The maximum absolute atomic E-state index is 12.3. The Morgan fingerprint density at radius 3 is 2.62 bits per heavy atom. The van der Waals surface area contributed by atoms with Crippen LogP contribution in [0.1, 0.15) is 66.0 Å². The van der Waals surface area contributed by atoms with Crippen molar-refractivity contribution in [1.82, 2.24) is 15.1 Å². The first-order chi connectivity index (χ1) is 11.5. The lowest BCUT2D eigenvalue weighted by molar-refractivity contribution is 0.0945. The first-order valence-electron chi connectivity index (χ1n) is 8.75. The van der Waals surface area contributed by atoms with Crippen LogP contribution in [0.2, 0.25) is 0 Å². The summed E-state index contributed by atoms with van der Waals surface area (Å²) in [7, 11) is 0. The van der Waals surface area contributed by atoms with Gasteiger partial charge < -0.3 is 11.1 Å². The van der Waals surface area contributed by atoms with E-state index >= 15 is 0 Å². The van der Waals surface area contributed by atoms with Gasteiger partial charge in [-0.25, -0.2) is 0 Å². The molecule has 1 unspecified atom stereocenters. The van der Waals surface area contributed by atoms with Gasteiger partial charge in [0.2, 0.25) is 0 Å². The van der Waals surface area contributed by atoms with E-state index < -0.39 is 0 Å². The molecule has 0 fully saturated rings. The van der Waals surface area contributed by atoms with Gasteiger partial charge in [0.25, 0.3) is 5.91 Å². The molecule has 1 amide bonds. The second-order valence-corrected chi connectivity index (χ2v) is 6.84. The molecule has 1 atom stereocenters. The van der Waals surface area contributed by atoms with Crippen molar-refractivity contribution in [2.45, 2.75) is 51.6 Å². The van der Waals surface area contributed by atoms with E-state index in [1.54, 1.807) is 0 Å². The van der Waals surface area contributed by atoms with Crippen molar-refractivity contribution >= 4 is 5.91 Å². The molecule has 0 spiro atoms. The lowest BCUT2D eigenvalue weighted by Gasteiger charge is -2.14. The number of aryl methyl sites for hydroxylation is 2. The molecule has 5 heteroatoms. The molecule has 0 saturated carbocycles. The number of nitrogens with one attached hydrogen (secondary N) is 1. The number of nitrogens with zero attached hydrogens (tertiary/aromatic N) is 2. The molecule has 3 N–H and O–H groups in total. The number of aromatic nitrogens is 2. The van der Waals surface area contributed by atoms with Gasteiger partial charge in [0, 0.05) is 24.8 Å². The van der Waals surface area contributed by atoms with Crippen molar-refractivity contribution in [2.24, 2.45) is 5.73 Å². The topological polar surface area (TPSA) is 72.9 Å². The minimum absolute atomic E-state index is 0.147. The minimum Gasteiger partial charge on any atom is -0.349 e. The number of hydrogen-bond donors (Lipinski definition) is 2. The summed E-state index contributed by atoms with van der Waals surface area (Å²) in [6, 6.07) is 9.98. The minimum atomic E-state index is -0.215. The van der Waals surface area contributed by atoms with Crippen molar-refractivity contribution in [2.75, 3.05) is 6.54 Å². The lowest BCUT2D eigenvalue weighted by atomic mass is 9.99. The molecule has 0 saturated heterocycles. The van der Waals surface area contributed by atoms with Gasteiger partial charge >= 0.3 is 0 Å². The third kappa shape index (κ3) is 3.67. The summed E-state index contributed by atoms with van der Waals surface area (Å²) in [5.41, 5.74) is 10.2. The fourth-order valence-corrected chi connectivity index (χ4v) is 3.07. The third-order valence-electron chi connectivity index (χ3n) is 4.66. The zero-order chi connectivity index (χ0) is 17.1. The van der Waals surface area contributed by atoms with Gasteiger partial charge in [0.15, 0.2) is 0 Å². The molecule has 0 bridgehead atoms. The van der Waals surface area contributed by atoms with Crippen LogP contribution >= 0.6 is 0 Å². The highest BCUT2D eigenvalue weighted by atomic mass is 16.1. The normalized spacial score (nSPS) is 15.2. The maximum Gasteiger partial charge on any atom is 0.271 e. The summed E-state index contributed by atoms with van der Waals surface area (Å²) in [6.07, 6.45) is 3.30. The van der Waals surface area contributed by atoms with Crippen LogP contribution in [0, 0.1) is 0 Å². The molecule has 1 aromatic heterocycles. The Labute approximate surface area is 143 Å². The Hall–Kier alpha value is -2.14. The lowest BCUT2D eigenvalue weighted by Crippen LogP contribution is -2.32. The standard InChI is InChI=1S/C19H26N4O/c1-13(2)14-6-8-15(9-7-14)17(20)12-21-19(24)18-11-16-5-3-4-10-23(16)22-18/h6-9,11,13,17H,3-5,10,12,20H2,1-2H3,(H,21,24). The number of amides is 1. The van der Waals surface area contributed by atoms with Crippen molar-refractivity contribution in [3.8, 4) is 0 Å². The molecule has 5 nitrogen and oxygen atoms in total. The summed E-state index contributed by atoms with van der Waals surface area (Å²) in [4.78, 5) is 12.3. The van der Waals surface area contributed by atoms with E-state index in [-0.39, 0.29) is 11.9 Å². The van der Waals surface area contributed by atoms with Gasteiger partial charge in [-0.15, -0.1) is 0 Å². The predicted molar refractivity (Wildman–Crippen MR) is 95.0 cm³/mol. The Balaban J connectivity index is 1.58. The van der Waals surface area contributed by atoms with E-state index in [0.717, 1.165) is 30.6 Å². The molecule has 1 aliphatic rings. The molecule has 128 valence electrons. The molecule has 2 heterocycles. The summed E-state index contributed by atoms with van der Waals surface area (Å²) >= 11 is 0. The molecular weight excluding hydrogens is 300 g/mol. The monoisotopic (exact) mass is 326 g/mol. The molecule has 1 aliphatic heterocycles. The average molecular weight is 326 g/mol. The first-order valence-corrected chi connectivity index (χ1v) is 8.75. The first kappa shape index (κ1) is 16.7. The SMILES string of the molecule is CC(C)c1ccc(C(N)CNC(=O)c2cc3n(n2)CCCC3)cc1. The quantitative estimate of drug-likeness (QED) is 0.887. The Morgan fingerprint density at radius 1 is 1.25 bits per heavy atom. The number of hydrogen-bond acceptors (Lipinski definition) is 3. The van der Waals surface area contributed by atoms with Crippen LogP contribution in [0.4, 0.5) is 0 Å². The van der Waals surface area contributed by atoms with Gasteiger partial charge in [0.05, 0.1) is 0 Å². The van der Waals surface area contributed by atoms with Crippen LogP contribution in [-0.4, -0.2) is 22.2 Å². The van der Waals surface area contributed by atoms with Crippen LogP contribution in [-0.2, 0) is 13.0 Å². The van der Waals surface area contributed by atoms with Crippen molar-refractivity contribution in [3.63, 3.8) is 0 Å². The van der Waals surface area contributed by atoms with E-state index in [0.29, 0.717) is 18.2 Å². The van der Waals surface area contributed by atoms with E-state index in [1.807, 2.05) is 22.9 Å². The number of fused-ring (bicyclic) bond motifs is 1. The van der Waals surface area contributed by atoms with Crippen molar-refractivity contribution in [3.05, 3.63) is 52.8 Å². The van der Waals surface area contributed by atoms with Crippen LogP contribution in [0.15, 0.2) is 30.3 Å². The molecule has 0 aliphatic carbocycles. The second kappa shape index (κ2) is 7.18. The van der Waals surface area contributed by atoms with Crippen LogP contribution in [0.25, 0.3) is 0 Å². The number of nitrogens with two attached hydrogens (primary N) is 1. The number of carbonyl (C=O) groups is 1. The number of rotatable bonds is 5. The fraction of sp³-hybridized carbons (Fsp3) is 0.474. The highest BCUT2D eigenvalue weighted by molar-refractivity contribution is 5.92. The van der Waals surface area contributed by atoms with E-state index in [9.17, 15) is 4.79 Å². The zero-order valence-electron chi connectivity index (χ0n) is 14.5. The molecule has 1 aromatic carbocycles. The Morgan fingerprint density at radius 2 is 1.96 bits per heavy atom. The van der Waals surface area contributed by atoms with Gasteiger partial charge in [-0.05, 0) is 42.4 Å². The van der Waals surface area contributed by atoms with Crippen molar-refractivity contribution in [1.29, 1.82) is 0 Å². The second-order valence-electron chi connectivity index (χ2n) is 6.84. The smallest absolute Gasteiger partial charge is 0.271 e. The van der Waals surface area contributed by atoms with Crippen molar-refractivity contribution < 1.29 is 4.79 Å². The molecule has 0 radical (unpaired) electrons. The maximum atomic E-state index is 12.3. The predicted octanol–water partition coefficient (Wildman–Crippen LogP) is 2.77. The summed E-state index contributed by atoms with van der Waals surface area (Å²) in [6.45, 7) is 5.64. The molecule has 3 rings (SSSR count). The Bertz CT molecular complexity index is 679. The molecular formula is C19H26N4O. The van der Waals surface area contributed by atoms with Gasteiger partial charge in [0.1, 0.15) is 5.69 Å². The summed E-state index contributed by atoms with van der Waals surface area (Å²) in [5, 5.41) is 7.30. The molecule has 2 aromatic rings. The average Bonchev–Trinajstić information content (AvgIpc) is 3.03. The molecule has 24 heavy (non-hydrogen) atoms. The number of benzene rings is 1. The van der Waals surface area contributed by atoms with Gasteiger partial charge in [-0.3, -0.25) is 9.48 Å². The number of carbonyl (C=O) groups excluding carboxylic acids is 1. The van der Waals surface area contributed by atoms with E-state index in [1.165, 1.54) is 12.0 Å². The Kier molecular flexibility index (Phi) is 5.00. The largest absolute Gasteiger partial charge is 0.349 e. The third-order valence-corrected chi connectivity index (χ3v) is 4.66. The fourth-order valence-electron chi connectivity index (χ4n) is 3.07. The van der Waals surface area contributed by atoms with Gasteiger partial charge in [-0.2, -0.15) is 5.10 Å². The summed E-state index contributed by atoms with van der Waals surface area (Å²) in [5.74, 6) is 0.355. The van der Waals surface area contributed by atoms with Crippen LogP contribution in [0.3, 0.4) is 0 Å². The zero-order valence-corrected chi connectivity index (χ0v) is 14.5.